The van der Waals surface area contributed by atoms with Gasteiger partial charge in [-0.2, -0.15) is 10.2 Å². The standard InChI is InChI=1S/C9H7N5O/c1-6-12-9(15)13-14(6)8-3-2-7(4-10)5-11-8/h2-3,5H,1H3,(H,13,15). The van der Waals surface area contributed by atoms with E-state index in [0.29, 0.717) is 17.2 Å². The van der Waals surface area contributed by atoms with E-state index in [9.17, 15) is 4.79 Å². The second kappa shape index (κ2) is 3.38. The summed E-state index contributed by atoms with van der Waals surface area (Å²) in [5, 5.41) is 11.1. The summed E-state index contributed by atoms with van der Waals surface area (Å²) in [6.45, 7) is 1.69. The lowest BCUT2D eigenvalue weighted by Gasteiger charge is -2.01. The van der Waals surface area contributed by atoms with Crippen LogP contribution in [0.4, 0.5) is 0 Å². The Morgan fingerprint density at radius 2 is 2.33 bits per heavy atom. The first kappa shape index (κ1) is 9.15. The van der Waals surface area contributed by atoms with E-state index in [1.54, 1.807) is 19.1 Å². The fourth-order valence-electron chi connectivity index (χ4n) is 1.21. The molecule has 0 amide bonds. The predicted molar refractivity (Wildman–Crippen MR) is 51.4 cm³/mol. The normalized spacial score (nSPS) is 9.87. The molecule has 0 atom stereocenters. The first-order chi connectivity index (χ1) is 7.20. The highest BCUT2D eigenvalue weighted by atomic mass is 16.1. The average molecular weight is 201 g/mol. The van der Waals surface area contributed by atoms with Gasteiger partial charge in [-0.25, -0.2) is 19.6 Å². The number of aryl methyl sites for hydroxylation is 1. The van der Waals surface area contributed by atoms with Gasteiger partial charge in [0.2, 0.25) is 0 Å². The van der Waals surface area contributed by atoms with Crippen molar-refractivity contribution in [2.45, 2.75) is 6.92 Å². The van der Waals surface area contributed by atoms with E-state index in [4.69, 9.17) is 5.26 Å². The van der Waals surface area contributed by atoms with Crippen LogP contribution < -0.4 is 5.69 Å². The van der Waals surface area contributed by atoms with Crippen molar-refractivity contribution in [2.24, 2.45) is 0 Å². The molecule has 2 heterocycles. The molecule has 0 radical (unpaired) electrons. The Hall–Kier alpha value is -2.42. The second-order valence-electron chi connectivity index (χ2n) is 2.93. The Morgan fingerprint density at radius 1 is 1.53 bits per heavy atom. The van der Waals surface area contributed by atoms with Gasteiger partial charge in [0, 0.05) is 6.20 Å². The number of nitrogens with one attached hydrogen (secondary N) is 1. The van der Waals surface area contributed by atoms with Gasteiger partial charge in [0.05, 0.1) is 5.56 Å². The van der Waals surface area contributed by atoms with Crippen LogP contribution in [0.2, 0.25) is 0 Å². The molecule has 0 spiro atoms. The summed E-state index contributed by atoms with van der Waals surface area (Å²) >= 11 is 0. The molecule has 0 saturated carbocycles. The fourth-order valence-corrected chi connectivity index (χ4v) is 1.21. The molecular formula is C9H7N5O. The molecule has 0 aliphatic carbocycles. The lowest BCUT2D eigenvalue weighted by Crippen LogP contribution is -2.06. The molecule has 0 unspecified atom stereocenters. The van der Waals surface area contributed by atoms with Gasteiger partial charge in [-0.3, -0.25) is 0 Å². The van der Waals surface area contributed by atoms with Crippen molar-refractivity contribution in [3.8, 4) is 11.9 Å². The quantitative estimate of drug-likeness (QED) is 0.710. The number of hydrogen-bond donors (Lipinski definition) is 1. The van der Waals surface area contributed by atoms with Crippen LogP contribution in [0.25, 0.3) is 5.82 Å². The fraction of sp³-hybridized carbons (Fsp3) is 0.111. The highest BCUT2D eigenvalue weighted by Gasteiger charge is 2.04. The maximum atomic E-state index is 10.9. The van der Waals surface area contributed by atoms with Gasteiger partial charge >= 0.3 is 5.69 Å². The third-order valence-corrected chi connectivity index (χ3v) is 1.90. The number of hydrogen-bond acceptors (Lipinski definition) is 4. The number of rotatable bonds is 1. The van der Waals surface area contributed by atoms with E-state index in [1.807, 2.05) is 6.07 Å². The molecule has 15 heavy (non-hydrogen) atoms. The van der Waals surface area contributed by atoms with E-state index in [-0.39, 0.29) is 0 Å². The minimum atomic E-state index is -0.418. The zero-order chi connectivity index (χ0) is 10.8. The zero-order valence-electron chi connectivity index (χ0n) is 7.93. The van der Waals surface area contributed by atoms with Gasteiger partial charge in [-0.15, -0.1) is 0 Å². The smallest absolute Gasteiger partial charge is 0.244 e. The lowest BCUT2D eigenvalue weighted by molar-refractivity contribution is 0.803. The maximum Gasteiger partial charge on any atom is 0.361 e. The third-order valence-electron chi connectivity index (χ3n) is 1.90. The number of aromatic amines is 1. The van der Waals surface area contributed by atoms with E-state index in [2.05, 4.69) is 15.1 Å². The number of pyridine rings is 1. The van der Waals surface area contributed by atoms with Crippen molar-refractivity contribution >= 4 is 0 Å². The molecule has 2 rings (SSSR count). The summed E-state index contributed by atoms with van der Waals surface area (Å²) < 4.78 is 1.46. The maximum absolute atomic E-state index is 10.9. The van der Waals surface area contributed by atoms with Crippen molar-refractivity contribution < 1.29 is 0 Å². The van der Waals surface area contributed by atoms with Crippen LogP contribution >= 0.6 is 0 Å². The van der Waals surface area contributed by atoms with Crippen LogP contribution in [0.1, 0.15) is 11.4 Å². The summed E-state index contributed by atoms with van der Waals surface area (Å²) in [7, 11) is 0. The van der Waals surface area contributed by atoms with Gasteiger partial charge in [-0.1, -0.05) is 0 Å². The van der Waals surface area contributed by atoms with Gasteiger partial charge in [0.25, 0.3) is 0 Å². The molecule has 6 nitrogen and oxygen atoms in total. The Morgan fingerprint density at radius 3 is 2.80 bits per heavy atom. The summed E-state index contributed by atoms with van der Waals surface area (Å²) in [4.78, 5) is 18.6. The minimum Gasteiger partial charge on any atom is -0.244 e. The molecule has 0 bridgehead atoms. The molecule has 0 saturated heterocycles. The molecule has 0 fully saturated rings. The van der Waals surface area contributed by atoms with Crippen LogP contribution in [-0.4, -0.2) is 19.7 Å². The molecule has 2 aromatic heterocycles. The summed E-state index contributed by atoms with van der Waals surface area (Å²) in [5.41, 5.74) is 0.0533. The number of nitrogens with zero attached hydrogens (tertiary/aromatic N) is 4. The van der Waals surface area contributed by atoms with Crippen molar-refractivity contribution in [1.82, 2.24) is 19.7 Å². The molecule has 0 aliphatic heterocycles. The van der Waals surface area contributed by atoms with Gasteiger partial charge < -0.3 is 0 Å². The van der Waals surface area contributed by atoms with E-state index >= 15 is 0 Å². The van der Waals surface area contributed by atoms with Crippen LogP contribution in [0.5, 0.6) is 0 Å². The second-order valence-corrected chi connectivity index (χ2v) is 2.93. The molecular weight excluding hydrogens is 194 g/mol. The highest BCUT2D eigenvalue weighted by Crippen LogP contribution is 2.04. The van der Waals surface area contributed by atoms with Crippen LogP contribution in [0.3, 0.4) is 0 Å². The third kappa shape index (κ3) is 1.62. The molecule has 1 N–H and O–H groups in total. The summed E-state index contributed by atoms with van der Waals surface area (Å²) in [6.07, 6.45) is 1.44. The topological polar surface area (TPSA) is 87.4 Å². The van der Waals surface area contributed by atoms with Crippen LogP contribution in [0, 0.1) is 18.3 Å². The Bertz CT molecular complexity index is 572. The Kier molecular flexibility index (Phi) is 2.06. The minimum absolute atomic E-state index is 0.418. The van der Waals surface area contributed by atoms with Gasteiger partial charge in [-0.05, 0) is 19.1 Å². The van der Waals surface area contributed by atoms with Crippen molar-refractivity contribution in [3.63, 3.8) is 0 Å². The van der Waals surface area contributed by atoms with E-state index in [0.717, 1.165) is 0 Å². The lowest BCUT2D eigenvalue weighted by atomic mass is 10.3. The van der Waals surface area contributed by atoms with E-state index in [1.165, 1.54) is 10.9 Å². The Balaban J connectivity index is 2.51. The predicted octanol–water partition coefficient (Wildman–Crippen LogP) is 0.136. The van der Waals surface area contributed by atoms with Crippen molar-refractivity contribution in [1.29, 1.82) is 5.26 Å². The van der Waals surface area contributed by atoms with Gasteiger partial charge in [0.15, 0.2) is 5.82 Å². The first-order valence-electron chi connectivity index (χ1n) is 4.23. The monoisotopic (exact) mass is 201 g/mol. The molecule has 74 valence electrons. The molecule has 2 aromatic rings. The largest absolute Gasteiger partial charge is 0.361 e. The van der Waals surface area contributed by atoms with E-state index < -0.39 is 5.69 Å². The SMILES string of the molecule is Cc1nc(=O)[nH]n1-c1ccc(C#N)cn1. The Labute approximate surface area is 84.8 Å². The molecule has 0 aromatic carbocycles. The zero-order valence-corrected chi connectivity index (χ0v) is 7.93. The first-order valence-corrected chi connectivity index (χ1v) is 4.23. The van der Waals surface area contributed by atoms with Crippen LogP contribution in [0.15, 0.2) is 23.1 Å². The number of H-pyrrole nitrogens is 1. The number of aromatic nitrogens is 4. The molecule has 0 aliphatic rings. The average Bonchev–Trinajstić information content (AvgIpc) is 2.58. The van der Waals surface area contributed by atoms with Gasteiger partial charge in [0.1, 0.15) is 11.9 Å². The molecule has 6 heteroatoms. The van der Waals surface area contributed by atoms with Crippen LogP contribution in [-0.2, 0) is 0 Å². The van der Waals surface area contributed by atoms with Crippen molar-refractivity contribution in [2.75, 3.05) is 0 Å². The summed E-state index contributed by atoms with van der Waals surface area (Å²) in [5.74, 6) is 1.05. The van der Waals surface area contributed by atoms with Crippen molar-refractivity contribution in [3.05, 3.63) is 40.2 Å². The summed E-state index contributed by atoms with van der Waals surface area (Å²) in [6, 6.07) is 5.23. The number of nitriles is 1. The highest BCUT2D eigenvalue weighted by molar-refractivity contribution is 5.31.